The van der Waals surface area contributed by atoms with Crippen molar-refractivity contribution in [3.63, 3.8) is 0 Å². The van der Waals surface area contributed by atoms with Crippen LogP contribution in [0.1, 0.15) is 40.2 Å². The van der Waals surface area contributed by atoms with Crippen molar-refractivity contribution < 1.29 is 5.11 Å². The van der Waals surface area contributed by atoms with Crippen LogP contribution in [0.2, 0.25) is 0 Å². The fraction of sp³-hybridized carbons (Fsp3) is 0.250. The molecular weight excluding hydrogens is 244 g/mol. The van der Waals surface area contributed by atoms with Crippen LogP contribution >= 0.6 is 11.6 Å². The Kier molecular flexibility index (Phi) is 2.12. The molecule has 2 aromatic carbocycles. The van der Waals surface area contributed by atoms with Crippen molar-refractivity contribution in [1.82, 2.24) is 0 Å². The van der Waals surface area contributed by atoms with Gasteiger partial charge in [0.15, 0.2) is 0 Å². The number of fused-ring (bicyclic) bond motifs is 7. The first-order valence-electron chi connectivity index (χ1n) is 6.29. The van der Waals surface area contributed by atoms with Gasteiger partial charge in [-0.25, -0.2) is 0 Å². The molecule has 2 aromatic rings. The van der Waals surface area contributed by atoms with E-state index in [2.05, 4.69) is 24.3 Å². The molecule has 0 unspecified atom stereocenters. The van der Waals surface area contributed by atoms with Crippen molar-refractivity contribution in [3.05, 3.63) is 70.8 Å². The van der Waals surface area contributed by atoms with Gasteiger partial charge in [0.1, 0.15) is 0 Å². The molecule has 2 aliphatic rings. The normalized spacial score (nSPS) is 31.9. The second-order valence-electron chi connectivity index (χ2n) is 5.15. The largest absolute Gasteiger partial charge is 0.388 e. The monoisotopic (exact) mass is 256 g/mol. The van der Waals surface area contributed by atoms with Crippen molar-refractivity contribution in [1.29, 1.82) is 0 Å². The highest BCUT2D eigenvalue weighted by atomic mass is 35.5. The molecule has 0 aromatic heterocycles. The van der Waals surface area contributed by atoms with E-state index in [-0.39, 0.29) is 17.2 Å². The first-order valence-corrected chi connectivity index (χ1v) is 6.72. The molecule has 90 valence electrons. The van der Waals surface area contributed by atoms with Gasteiger partial charge in [0.25, 0.3) is 0 Å². The number of hydrogen-bond donors (Lipinski definition) is 1. The van der Waals surface area contributed by atoms with Gasteiger partial charge in [0, 0.05) is 11.8 Å². The summed E-state index contributed by atoms with van der Waals surface area (Å²) in [5, 5.41) is 10.5. The van der Waals surface area contributed by atoms with Gasteiger partial charge in [0.2, 0.25) is 0 Å². The Morgan fingerprint density at radius 1 is 0.778 bits per heavy atom. The number of rotatable bonds is 0. The number of aliphatic hydroxyl groups is 1. The molecule has 0 amide bonds. The minimum absolute atomic E-state index is 0.0303. The molecule has 0 saturated carbocycles. The predicted molar refractivity (Wildman–Crippen MR) is 72.1 cm³/mol. The summed E-state index contributed by atoms with van der Waals surface area (Å²) in [5.41, 5.74) is 4.73. The maximum atomic E-state index is 10.6. The Morgan fingerprint density at radius 3 is 1.94 bits per heavy atom. The van der Waals surface area contributed by atoms with E-state index < -0.39 is 6.10 Å². The Hall–Kier alpha value is -1.31. The number of aliphatic hydroxyl groups excluding tert-OH is 1. The van der Waals surface area contributed by atoms with Crippen LogP contribution in [0.15, 0.2) is 48.5 Å². The smallest absolute Gasteiger partial charge is 0.0876 e. The van der Waals surface area contributed by atoms with E-state index in [4.69, 9.17) is 11.6 Å². The Bertz CT molecular complexity index is 622. The lowest BCUT2D eigenvalue weighted by Crippen LogP contribution is -2.26. The summed E-state index contributed by atoms with van der Waals surface area (Å²) in [4.78, 5) is 0. The van der Waals surface area contributed by atoms with Crippen molar-refractivity contribution >= 4 is 11.6 Å². The lowest BCUT2D eigenvalue weighted by atomic mass is 9.79. The summed E-state index contributed by atoms with van der Waals surface area (Å²) in [6.45, 7) is 0. The van der Waals surface area contributed by atoms with Crippen LogP contribution in [0, 0.1) is 0 Å². The summed E-state index contributed by atoms with van der Waals surface area (Å²) in [6, 6.07) is 16.5. The topological polar surface area (TPSA) is 20.2 Å². The molecule has 0 spiro atoms. The van der Waals surface area contributed by atoms with Gasteiger partial charge in [-0.05, 0) is 22.3 Å². The Balaban J connectivity index is 2.04. The van der Waals surface area contributed by atoms with Gasteiger partial charge >= 0.3 is 0 Å². The molecule has 4 atom stereocenters. The van der Waals surface area contributed by atoms with Gasteiger partial charge in [-0.1, -0.05) is 48.5 Å². The molecule has 2 aliphatic carbocycles. The zero-order valence-corrected chi connectivity index (χ0v) is 10.5. The fourth-order valence-electron chi connectivity index (χ4n) is 3.59. The number of alkyl halides is 1. The van der Waals surface area contributed by atoms with Gasteiger partial charge in [0.05, 0.1) is 11.5 Å². The summed E-state index contributed by atoms with van der Waals surface area (Å²) in [6.07, 6.45) is -0.483. The van der Waals surface area contributed by atoms with E-state index in [1.54, 1.807) is 0 Å². The van der Waals surface area contributed by atoms with Crippen LogP contribution in [-0.4, -0.2) is 10.5 Å². The zero-order chi connectivity index (χ0) is 12.3. The quantitative estimate of drug-likeness (QED) is 0.715. The van der Waals surface area contributed by atoms with Crippen molar-refractivity contribution in [2.24, 2.45) is 0 Å². The summed E-state index contributed by atoms with van der Waals surface area (Å²) in [5.74, 6) is 0.259. The highest BCUT2D eigenvalue weighted by Gasteiger charge is 2.48. The molecular formula is C16H13ClO. The third-order valence-corrected chi connectivity index (χ3v) is 4.87. The lowest BCUT2D eigenvalue weighted by molar-refractivity contribution is 0.137. The molecule has 0 saturated heterocycles. The average molecular weight is 257 g/mol. The van der Waals surface area contributed by atoms with Crippen molar-refractivity contribution in [3.8, 4) is 0 Å². The third-order valence-electron chi connectivity index (χ3n) is 4.34. The average Bonchev–Trinajstić information content (AvgIpc) is 2.63. The van der Waals surface area contributed by atoms with Crippen LogP contribution in [0.5, 0.6) is 0 Å². The molecule has 0 fully saturated rings. The summed E-state index contributed by atoms with van der Waals surface area (Å²) >= 11 is 6.61. The molecule has 0 aliphatic heterocycles. The Morgan fingerprint density at radius 2 is 1.28 bits per heavy atom. The molecule has 0 radical (unpaired) electrons. The number of hydrogen-bond acceptors (Lipinski definition) is 1. The van der Waals surface area contributed by atoms with Crippen LogP contribution in [-0.2, 0) is 0 Å². The van der Waals surface area contributed by atoms with E-state index in [0.717, 1.165) is 5.56 Å². The minimum Gasteiger partial charge on any atom is -0.388 e. The second kappa shape index (κ2) is 3.59. The first-order chi connectivity index (χ1) is 8.79. The zero-order valence-electron chi connectivity index (χ0n) is 9.75. The number of halogens is 1. The van der Waals surface area contributed by atoms with E-state index >= 15 is 0 Å². The number of benzene rings is 2. The van der Waals surface area contributed by atoms with Crippen molar-refractivity contribution in [2.75, 3.05) is 0 Å². The maximum absolute atomic E-state index is 10.6. The van der Waals surface area contributed by atoms with E-state index in [0.29, 0.717) is 0 Å². The van der Waals surface area contributed by atoms with Crippen LogP contribution in [0.25, 0.3) is 0 Å². The third kappa shape index (κ3) is 1.16. The predicted octanol–water partition coefficient (Wildman–Crippen LogP) is 3.57. The van der Waals surface area contributed by atoms with Crippen molar-refractivity contribution in [2.45, 2.75) is 23.3 Å². The van der Waals surface area contributed by atoms with E-state index in [9.17, 15) is 5.11 Å². The highest BCUT2D eigenvalue weighted by Crippen LogP contribution is 2.57. The van der Waals surface area contributed by atoms with Crippen LogP contribution in [0.4, 0.5) is 0 Å². The van der Waals surface area contributed by atoms with Gasteiger partial charge in [-0.15, -0.1) is 11.6 Å². The van der Waals surface area contributed by atoms with Gasteiger partial charge < -0.3 is 5.11 Å². The highest BCUT2D eigenvalue weighted by molar-refractivity contribution is 6.22. The minimum atomic E-state index is -0.483. The molecule has 2 heteroatoms. The Labute approximate surface area is 111 Å². The standard InChI is InChI=1S/C16H13ClO/c17-15-13-9-5-1-2-6-10(9)14(15)16(18)12-8-4-3-7-11(12)13/h1-8,13-16,18H/t13-,14-,15+,16-/m0/s1. The van der Waals surface area contributed by atoms with Crippen LogP contribution in [0.3, 0.4) is 0 Å². The molecule has 0 heterocycles. The molecule has 1 nitrogen and oxygen atoms in total. The molecule has 4 rings (SSSR count). The molecule has 1 N–H and O–H groups in total. The fourth-order valence-corrected chi connectivity index (χ4v) is 4.13. The molecule has 2 bridgehead atoms. The summed E-state index contributed by atoms with van der Waals surface area (Å²) in [7, 11) is 0. The molecule has 18 heavy (non-hydrogen) atoms. The lowest BCUT2D eigenvalue weighted by Gasteiger charge is -2.32. The van der Waals surface area contributed by atoms with Crippen LogP contribution < -0.4 is 0 Å². The SMILES string of the molecule is O[C@H]1c2ccccc2[C@@H]2c3ccccc3[C@H]1[C@@H]2Cl. The summed E-state index contributed by atoms with van der Waals surface area (Å²) < 4.78 is 0. The van der Waals surface area contributed by atoms with E-state index in [1.165, 1.54) is 16.7 Å². The maximum Gasteiger partial charge on any atom is 0.0876 e. The van der Waals surface area contributed by atoms with E-state index in [1.807, 2.05) is 24.3 Å². The second-order valence-corrected chi connectivity index (χ2v) is 5.65. The van der Waals surface area contributed by atoms with Gasteiger partial charge in [-0.2, -0.15) is 0 Å². The first kappa shape index (κ1) is 10.6. The van der Waals surface area contributed by atoms with Gasteiger partial charge in [-0.3, -0.25) is 0 Å².